The molecule has 0 saturated carbocycles. The molecule has 0 aromatic rings. The number of allylic oxidation sites excluding steroid dienone is 3. The summed E-state index contributed by atoms with van der Waals surface area (Å²) >= 11 is 11.5. The van der Waals surface area contributed by atoms with Gasteiger partial charge in [0.1, 0.15) is 5.94 Å². The molecular weight excluding hydrogens is 243 g/mol. The fourth-order valence-corrected chi connectivity index (χ4v) is 1.97. The van der Waals surface area contributed by atoms with Gasteiger partial charge in [-0.15, -0.1) is 0 Å². The summed E-state index contributed by atoms with van der Waals surface area (Å²) in [5, 5.41) is -0.0381. The Labute approximate surface area is 93.8 Å². The van der Waals surface area contributed by atoms with Gasteiger partial charge in [-0.1, -0.05) is 23.2 Å². The maximum absolute atomic E-state index is 11.2. The number of hydrogen-bond donors (Lipinski definition) is 0. The molecule has 1 aliphatic carbocycles. The maximum atomic E-state index is 11.2. The molecule has 0 radical (unpaired) electrons. The van der Waals surface area contributed by atoms with Crippen LogP contribution in [-0.2, 0) is 19.1 Å². The number of hydrogen-bond acceptors (Lipinski definition) is 4. The second-order valence-electron chi connectivity index (χ2n) is 2.90. The Morgan fingerprint density at radius 3 is 2.33 bits per heavy atom. The number of cyclic esters (lactones) is 2. The first kappa shape index (κ1) is 10.2. The lowest BCUT2D eigenvalue weighted by atomic mass is 9.96. The number of halogens is 2. The minimum Gasteiger partial charge on any atom is -0.386 e. The highest BCUT2D eigenvalue weighted by Gasteiger charge is 2.41. The van der Waals surface area contributed by atoms with Crippen LogP contribution in [0.1, 0.15) is 6.42 Å². The molecule has 1 heterocycles. The smallest absolute Gasteiger partial charge is 0.348 e. The monoisotopic (exact) mass is 244 g/mol. The van der Waals surface area contributed by atoms with E-state index in [1.807, 2.05) is 0 Å². The average molecular weight is 245 g/mol. The lowest BCUT2D eigenvalue weighted by Gasteiger charge is -2.10. The van der Waals surface area contributed by atoms with E-state index in [2.05, 4.69) is 4.74 Å². The molecular formula is C9H2Cl2O4. The van der Waals surface area contributed by atoms with E-state index in [9.17, 15) is 14.4 Å². The van der Waals surface area contributed by atoms with Crippen molar-refractivity contribution in [1.82, 2.24) is 0 Å². The maximum Gasteiger partial charge on any atom is 0.348 e. The Bertz CT molecular complexity index is 506. The third-order valence-corrected chi connectivity index (χ3v) is 2.79. The van der Waals surface area contributed by atoms with E-state index in [1.54, 1.807) is 5.94 Å². The van der Waals surface area contributed by atoms with E-state index in [4.69, 9.17) is 23.2 Å². The first-order chi connectivity index (χ1) is 7.06. The number of ether oxygens (including phenoxy) is 1. The van der Waals surface area contributed by atoms with E-state index < -0.39 is 11.9 Å². The summed E-state index contributed by atoms with van der Waals surface area (Å²) in [4.78, 5) is 32.9. The van der Waals surface area contributed by atoms with Crippen LogP contribution in [0.25, 0.3) is 0 Å². The van der Waals surface area contributed by atoms with Crippen LogP contribution in [0.3, 0.4) is 0 Å². The zero-order valence-corrected chi connectivity index (χ0v) is 8.61. The fourth-order valence-electron chi connectivity index (χ4n) is 1.39. The van der Waals surface area contributed by atoms with Crippen LogP contribution in [0.2, 0.25) is 0 Å². The molecule has 2 rings (SSSR count). The Kier molecular flexibility index (Phi) is 2.27. The molecule has 4 nitrogen and oxygen atoms in total. The van der Waals surface area contributed by atoms with Crippen molar-refractivity contribution in [3.8, 4) is 0 Å². The molecule has 0 N–H and O–H groups in total. The molecule has 1 aliphatic heterocycles. The minimum absolute atomic E-state index is 0.00883. The number of carbonyl (C=O) groups is 2. The number of fused-ring (bicyclic) bond motifs is 1. The van der Waals surface area contributed by atoms with Gasteiger partial charge in [-0.05, 0) is 0 Å². The summed E-state index contributed by atoms with van der Waals surface area (Å²) < 4.78 is 4.34. The van der Waals surface area contributed by atoms with Crippen molar-refractivity contribution in [1.29, 1.82) is 0 Å². The molecule has 0 spiro atoms. The molecule has 2 aliphatic rings. The lowest BCUT2D eigenvalue weighted by Crippen LogP contribution is -2.06. The SMILES string of the molecule is O=C=C1CC(Cl)=C2C(=O)OC(=O)C2=C1Cl. The molecule has 1 saturated heterocycles. The Balaban J connectivity index is 2.75. The normalized spacial score (nSPS) is 20.5. The summed E-state index contributed by atoms with van der Waals surface area (Å²) in [6, 6.07) is 0. The molecule has 76 valence electrons. The average Bonchev–Trinajstić information content (AvgIpc) is 2.48. The molecule has 0 unspecified atom stereocenters. The molecule has 6 heteroatoms. The predicted molar refractivity (Wildman–Crippen MR) is 50.7 cm³/mol. The first-order valence-electron chi connectivity index (χ1n) is 3.86. The number of esters is 2. The van der Waals surface area contributed by atoms with Crippen molar-refractivity contribution in [2.45, 2.75) is 6.42 Å². The van der Waals surface area contributed by atoms with Gasteiger partial charge in [-0.3, -0.25) is 0 Å². The largest absolute Gasteiger partial charge is 0.386 e. The van der Waals surface area contributed by atoms with Gasteiger partial charge in [0.25, 0.3) is 0 Å². The van der Waals surface area contributed by atoms with Crippen molar-refractivity contribution in [2.75, 3.05) is 0 Å². The minimum atomic E-state index is -0.884. The van der Waals surface area contributed by atoms with E-state index in [0.29, 0.717) is 0 Å². The van der Waals surface area contributed by atoms with Crippen LogP contribution >= 0.6 is 23.2 Å². The zero-order chi connectivity index (χ0) is 11.2. The molecule has 1 fully saturated rings. The van der Waals surface area contributed by atoms with Crippen LogP contribution in [0.4, 0.5) is 0 Å². The van der Waals surface area contributed by atoms with Gasteiger partial charge in [-0.2, -0.15) is 0 Å². The van der Waals surface area contributed by atoms with Gasteiger partial charge in [0, 0.05) is 11.5 Å². The Hall–Kier alpha value is -1.35. The summed E-state index contributed by atoms with van der Waals surface area (Å²) in [7, 11) is 0. The summed E-state index contributed by atoms with van der Waals surface area (Å²) in [6.07, 6.45) is -0.00883. The van der Waals surface area contributed by atoms with Gasteiger partial charge >= 0.3 is 11.9 Å². The standard InChI is InChI=1S/C9H2Cl2O4/c10-4-1-3(2-12)7(11)6-5(4)8(13)15-9(6)14/h1H2. The summed E-state index contributed by atoms with van der Waals surface area (Å²) in [5.74, 6) is -0.143. The molecule has 0 bridgehead atoms. The second-order valence-corrected chi connectivity index (χ2v) is 3.74. The fraction of sp³-hybridized carbons (Fsp3) is 0.111. The first-order valence-corrected chi connectivity index (χ1v) is 4.61. The van der Waals surface area contributed by atoms with Gasteiger partial charge in [0.15, 0.2) is 0 Å². The van der Waals surface area contributed by atoms with Crippen molar-refractivity contribution < 1.29 is 19.1 Å². The van der Waals surface area contributed by atoms with Crippen LogP contribution in [0, 0.1) is 0 Å². The Morgan fingerprint density at radius 2 is 1.73 bits per heavy atom. The van der Waals surface area contributed by atoms with E-state index >= 15 is 0 Å². The quantitative estimate of drug-likeness (QED) is 0.365. The number of carbonyl (C=O) groups excluding carboxylic acids is 3. The van der Waals surface area contributed by atoms with Gasteiger partial charge in [0.2, 0.25) is 0 Å². The highest BCUT2D eigenvalue weighted by molar-refractivity contribution is 6.41. The lowest BCUT2D eigenvalue weighted by molar-refractivity contribution is -0.149. The van der Waals surface area contributed by atoms with Crippen LogP contribution in [0.5, 0.6) is 0 Å². The third-order valence-electron chi connectivity index (χ3n) is 2.05. The van der Waals surface area contributed by atoms with Gasteiger partial charge < -0.3 is 4.74 Å². The third kappa shape index (κ3) is 1.35. The summed E-state index contributed by atoms with van der Waals surface area (Å²) in [5.41, 5.74) is -0.144. The van der Waals surface area contributed by atoms with E-state index in [1.165, 1.54) is 0 Å². The predicted octanol–water partition coefficient (Wildman–Crippen LogP) is 1.22. The van der Waals surface area contributed by atoms with Crippen LogP contribution in [-0.4, -0.2) is 17.9 Å². The van der Waals surface area contributed by atoms with E-state index in [-0.39, 0.29) is 33.2 Å². The molecule has 0 aromatic carbocycles. The van der Waals surface area contributed by atoms with Gasteiger partial charge in [-0.25, -0.2) is 14.4 Å². The van der Waals surface area contributed by atoms with Crippen LogP contribution < -0.4 is 0 Å². The van der Waals surface area contributed by atoms with Crippen molar-refractivity contribution in [2.24, 2.45) is 0 Å². The zero-order valence-electron chi connectivity index (χ0n) is 7.10. The highest BCUT2D eigenvalue weighted by atomic mass is 35.5. The second kappa shape index (κ2) is 3.35. The molecule has 0 amide bonds. The summed E-state index contributed by atoms with van der Waals surface area (Å²) in [6.45, 7) is 0. The van der Waals surface area contributed by atoms with Gasteiger partial charge in [0.05, 0.1) is 21.8 Å². The van der Waals surface area contributed by atoms with Crippen molar-refractivity contribution in [3.05, 3.63) is 26.8 Å². The number of rotatable bonds is 0. The molecule has 0 aromatic heterocycles. The molecule has 0 atom stereocenters. The van der Waals surface area contributed by atoms with Crippen LogP contribution in [0.15, 0.2) is 26.8 Å². The highest BCUT2D eigenvalue weighted by Crippen LogP contribution is 2.40. The van der Waals surface area contributed by atoms with Crippen molar-refractivity contribution in [3.63, 3.8) is 0 Å². The van der Waals surface area contributed by atoms with E-state index in [0.717, 1.165) is 0 Å². The van der Waals surface area contributed by atoms with Crippen molar-refractivity contribution >= 4 is 41.1 Å². The Morgan fingerprint density at radius 1 is 1.13 bits per heavy atom. The molecule has 15 heavy (non-hydrogen) atoms. The topological polar surface area (TPSA) is 60.4 Å².